The van der Waals surface area contributed by atoms with E-state index in [-0.39, 0.29) is 23.9 Å². The Morgan fingerprint density at radius 2 is 1.71 bits per heavy atom. The van der Waals surface area contributed by atoms with E-state index >= 15 is 0 Å². The van der Waals surface area contributed by atoms with Crippen molar-refractivity contribution in [3.8, 4) is 11.4 Å². The van der Waals surface area contributed by atoms with Crippen LogP contribution >= 0.6 is 0 Å². The molecule has 1 amide bonds. The minimum Gasteiger partial charge on any atom is -0.323 e. The first-order chi connectivity index (χ1) is 15.2. The number of carbonyl (C=O) groups is 1. The normalized spacial score (nSPS) is 13.3. The van der Waals surface area contributed by atoms with Crippen LogP contribution in [0, 0.1) is 0 Å². The van der Waals surface area contributed by atoms with Gasteiger partial charge in [0, 0.05) is 24.4 Å². The lowest BCUT2D eigenvalue weighted by molar-refractivity contribution is -0.116. The van der Waals surface area contributed by atoms with Gasteiger partial charge in [0.1, 0.15) is 5.82 Å². The van der Waals surface area contributed by atoms with Gasteiger partial charge < -0.3 is 5.32 Å². The summed E-state index contributed by atoms with van der Waals surface area (Å²) in [7, 11) is 0. The Bertz CT molecular complexity index is 1300. The van der Waals surface area contributed by atoms with Crippen molar-refractivity contribution in [3.05, 3.63) is 83.2 Å². The fraction of sp³-hybridized carbons (Fsp3) is 0.208. The van der Waals surface area contributed by atoms with Crippen LogP contribution in [0.2, 0.25) is 0 Å². The Kier molecular flexibility index (Phi) is 5.00. The van der Waals surface area contributed by atoms with Gasteiger partial charge in [-0.1, -0.05) is 42.5 Å². The monoisotopic (exact) mass is 411 g/mol. The van der Waals surface area contributed by atoms with Crippen molar-refractivity contribution in [1.82, 2.24) is 19.5 Å². The van der Waals surface area contributed by atoms with E-state index in [1.54, 1.807) is 23.0 Å². The van der Waals surface area contributed by atoms with Gasteiger partial charge >= 0.3 is 0 Å². The summed E-state index contributed by atoms with van der Waals surface area (Å²) in [6.45, 7) is 0. The molecule has 0 bridgehead atoms. The molecule has 7 heteroatoms. The van der Waals surface area contributed by atoms with Gasteiger partial charge in [-0.25, -0.2) is 15.0 Å². The number of nitrogens with one attached hydrogen (secondary N) is 1. The molecule has 0 spiro atoms. The molecule has 1 aliphatic carbocycles. The summed E-state index contributed by atoms with van der Waals surface area (Å²) in [5.74, 6) is 1.10. The van der Waals surface area contributed by atoms with Crippen LogP contribution in [-0.2, 0) is 11.2 Å². The van der Waals surface area contributed by atoms with Crippen molar-refractivity contribution in [1.29, 1.82) is 0 Å². The van der Waals surface area contributed by atoms with Crippen LogP contribution in [-0.4, -0.2) is 25.4 Å². The first kappa shape index (κ1) is 19.1. The maximum atomic E-state index is 12.9. The van der Waals surface area contributed by atoms with Crippen molar-refractivity contribution in [2.45, 2.75) is 31.7 Å². The molecule has 5 rings (SSSR count). The van der Waals surface area contributed by atoms with Crippen molar-refractivity contribution >= 4 is 22.5 Å². The van der Waals surface area contributed by atoms with Crippen molar-refractivity contribution in [2.24, 2.45) is 0 Å². The summed E-state index contributed by atoms with van der Waals surface area (Å²) >= 11 is 0. The molecule has 0 unspecified atom stereocenters. The SMILES string of the molecule is O=C(CCc1nc2ccccc2c(=O)n1C1CC1)Nc1cnc(-c2ccccc2)nc1. The molecule has 31 heavy (non-hydrogen) atoms. The second kappa shape index (κ2) is 8.10. The number of rotatable bonds is 6. The summed E-state index contributed by atoms with van der Waals surface area (Å²) in [5, 5.41) is 3.45. The Hall–Kier alpha value is -3.87. The van der Waals surface area contributed by atoms with Crippen LogP contribution < -0.4 is 10.9 Å². The zero-order valence-electron chi connectivity index (χ0n) is 16.9. The van der Waals surface area contributed by atoms with Crippen molar-refractivity contribution in [2.75, 3.05) is 5.32 Å². The zero-order chi connectivity index (χ0) is 21.2. The summed E-state index contributed by atoms with van der Waals surface area (Å²) in [4.78, 5) is 38.8. The molecule has 2 heterocycles. The minimum atomic E-state index is -0.166. The number of carbonyl (C=O) groups excluding carboxylic acids is 1. The smallest absolute Gasteiger partial charge is 0.261 e. The number of hydrogen-bond acceptors (Lipinski definition) is 5. The van der Waals surface area contributed by atoms with E-state index in [1.165, 1.54) is 0 Å². The van der Waals surface area contributed by atoms with Crippen LogP contribution in [0.15, 0.2) is 71.8 Å². The second-order valence-electron chi connectivity index (χ2n) is 7.66. The van der Waals surface area contributed by atoms with Gasteiger partial charge in [-0.3, -0.25) is 14.2 Å². The highest BCUT2D eigenvalue weighted by Gasteiger charge is 2.28. The number of benzene rings is 2. The molecule has 1 aliphatic rings. The fourth-order valence-electron chi connectivity index (χ4n) is 3.66. The summed E-state index contributed by atoms with van der Waals surface area (Å²) < 4.78 is 1.77. The van der Waals surface area contributed by atoms with E-state index < -0.39 is 0 Å². The standard InChI is InChI=1S/C24H21N5O2/c30-22(27-17-14-25-23(26-15-17)16-6-2-1-3-7-16)13-12-21-28-20-9-5-4-8-19(20)24(31)29(21)18-10-11-18/h1-9,14-15,18H,10-13H2,(H,27,30). The maximum Gasteiger partial charge on any atom is 0.261 e. The molecular weight excluding hydrogens is 390 g/mol. The summed E-state index contributed by atoms with van der Waals surface area (Å²) in [6.07, 6.45) is 5.76. The van der Waals surface area contributed by atoms with Crippen LogP contribution in [0.4, 0.5) is 5.69 Å². The molecule has 1 N–H and O–H groups in total. The molecule has 1 saturated carbocycles. The Balaban J connectivity index is 1.29. The highest BCUT2D eigenvalue weighted by atomic mass is 16.1. The number of para-hydroxylation sites is 1. The molecule has 0 saturated heterocycles. The number of hydrogen-bond donors (Lipinski definition) is 1. The Morgan fingerprint density at radius 3 is 2.45 bits per heavy atom. The molecular formula is C24H21N5O2. The third-order valence-corrected chi connectivity index (χ3v) is 5.34. The number of amides is 1. The van der Waals surface area contributed by atoms with Gasteiger partial charge in [0.15, 0.2) is 5.82 Å². The lowest BCUT2D eigenvalue weighted by atomic mass is 10.2. The maximum absolute atomic E-state index is 12.9. The van der Waals surface area contributed by atoms with E-state index in [0.29, 0.717) is 34.7 Å². The number of nitrogens with zero attached hydrogens (tertiary/aromatic N) is 4. The van der Waals surface area contributed by atoms with Crippen LogP contribution in [0.3, 0.4) is 0 Å². The predicted molar refractivity (Wildman–Crippen MR) is 119 cm³/mol. The van der Waals surface area contributed by atoms with Crippen LogP contribution in [0.1, 0.15) is 31.1 Å². The lowest BCUT2D eigenvalue weighted by Crippen LogP contribution is -2.25. The topological polar surface area (TPSA) is 89.8 Å². The zero-order valence-corrected chi connectivity index (χ0v) is 16.9. The lowest BCUT2D eigenvalue weighted by Gasteiger charge is -2.13. The van der Waals surface area contributed by atoms with Gasteiger partial charge in [-0.15, -0.1) is 0 Å². The number of aryl methyl sites for hydroxylation is 1. The molecule has 0 atom stereocenters. The summed E-state index contributed by atoms with van der Waals surface area (Å²) in [6, 6.07) is 17.2. The van der Waals surface area contributed by atoms with Gasteiger partial charge in [-0.05, 0) is 25.0 Å². The average molecular weight is 411 g/mol. The van der Waals surface area contributed by atoms with Crippen molar-refractivity contribution in [3.63, 3.8) is 0 Å². The molecule has 7 nitrogen and oxygen atoms in total. The van der Waals surface area contributed by atoms with E-state index in [1.807, 2.05) is 48.5 Å². The quantitative estimate of drug-likeness (QED) is 0.522. The molecule has 2 aromatic heterocycles. The summed E-state index contributed by atoms with van der Waals surface area (Å²) in [5.41, 5.74) is 2.11. The Labute approximate surface area is 178 Å². The second-order valence-corrected chi connectivity index (χ2v) is 7.66. The molecule has 0 aliphatic heterocycles. The molecule has 2 aromatic carbocycles. The van der Waals surface area contributed by atoms with Gasteiger partial charge in [0.05, 0.1) is 29.0 Å². The highest BCUT2D eigenvalue weighted by Crippen LogP contribution is 2.34. The van der Waals surface area contributed by atoms with Gasteiger partial charge in [0.2, 0.25) is 5.91 Å². The van der Waals surface area contributed by atoms with E-state index in [9.17, 15) is 9.59 Å². The molecule has 4 aromatic rings. The largest absolute Gasteiger partial charge is 0.323 e. The van der Waals surface area contributed by atoms with Crippen LogP contribution in [0.25, 0.3) is 22.3 Å². The number of fused-ring (bicyclic) bond motifs is 1. The number of aromatic nitrogens is 4. The average Bonchev–Trinajstić information content (AvgIpc) is 3.64. The van der Waals surface area contributed by atoms with E-state index in [0.717, 1.165) is 18.4 Å². The third kappa shape index (κ3) is 4.07. The third-order valence-electron chi connectivity index (χ3n) is 5.34. The minimum absolute atomic E-state index is 0.0200. The molecule has 0 radical (unpaired) electrons. The van der Waals surface area contributed by atoms with Gasteiger partial charge in [0.25, 0.3) is 5.56 Å². The molecule has 154 valence electrons. The van der Waals surface area contributed by atoms with E-state index in [2.05, 4.69) is 20.3 Å². The Morgan fingerprint density at radius 1 is 1.00 bits per heavy atom. The first-order valence-electron chi connectivity index (χ1n) is 10.4. The fourth-order valence-corrected chi connectivity index (χ4v) is 3.66. The first-order valence-corrected chi connectivity index (χ1v) is 10.4. The van der Waals surface area contributed by atoms with E-state index in [4.69, 9.17) is 0 Å². The van der Waals surface area contributed by atoms with Crippen molar-refractivity contribution < 1.29 is 4.79 Å². The van der Waals surface area contributed by atoms with Crippen LogP contribution in [0.5, 0.6) is 0 Å². The number of anilines is 1. The predicted octanol–water partition coefficient (Wildman–Crippen LogP) is 3.76. The van der Waals surface area contributed by atoms with Gasteiger partial charge in [-0.2, -0.15) is 0 Å². The highest BCUT2D eigenvalue weighted by molar-refractivity contribution is 5.90. The molecule has 1 fully saturated rings.